The Morgan fingerprint density at radius 2 is 2.07 bits per heavy atom. The molecule has 0 aliphatic heterocycles. The second-order valence-electron chi connectivity index (χ2n) is 3.46. The van der Waals surface area contributed by atoms with E-state index in [1.54, 1.807) is 0 Å². The summed E-state index contributed by atoms with van der Waals surface area (Å²) in [6, 6.07) is 10.6. The van der Waals surface area contributed by atoms with E-state index in [-0.39, 0.29) is 0 Å². The number of hydrogen-bond acceptors (Lipinski definition) is 0. The largest absolute Gasteiger partial charge is 0.213 e. The summed E-state index contributed by atoms with van der Waals surface area (Å²) in [6.07, 6.45) is 4.03. The second-order valence-corrected chi connectivity index (χ2v) is 3.46. The molecule has 2 aromatic rings. The third-order valence-corrected chi connectivity index (χ3v) is 2.47. The molecule has 0 aliphatic carbocycles. The lowest BCUT2D eigenvalue weighted by Crippen LogP contribution is -2.33. The number of rotatable bonds is 2. The summed E-state index contributed by atoms with van der Waals surface area (Å²) >= 11 is 0. The Labute approximate surface area is 84.3 Å². The van der Waals surface area contributed by atoms with E-state index in [9.17, 15) is 0 Å². The zero-order chi connectivity index (χ0) is 9.97. The van der Waals surface area contributed by atoms with Gasteiger partial charge in [0.15, 0.2) is 12.7 Å². The van der Waals surface area contributed by atoms with Gasteiger partial charge in [-0.2, -0.15) is 4.57 Å². The van der Waals surface area contributed by atoms with Crippen LogP contribution < -0.4 is 4.57 Å². The van der Waals surface area contributed by atoms with Gasteiger partial charge in [0.1, 0.15) is 0 Å². The minimum Gasteiger partial charge on any atom is -0.195 e. The number of fused-ring (bicyclic) bond motifs is 1. The minimum atomic E-state index is 0.862. The molecule has 2 rings (SSSR count). The summed E-state index contributed by atoms with van der Waals surface area (Å²) < 4.78 is 2.20. The number of hydrogen-bond donors (Lipinski definition) is 0. The first-order valence-corrected chi connectivity index (χ1v) is 4.81. The van der Waals surface area contributed by atoms with E-state index >= 15 is 0 Å². The quantitative estimate of drug-likeness (QED) is 0.499. The van der Waals surface area contributed by atoms with Crippen molar-refractivity contribution in [1.29, 1.82) is 0 Å². The summed E-state index contributed by atoms with van der Waals surface area (Å²) in [5.41, 5.74) is 2.59. The van der Waals surface area contributed by atoms with Gasteiger partial charge in [0, 0.05) is 17.5 Å². The number of allylic oxidation sites excluding steroid dienone is 1. The topological polar surface area (TPSA) is 3.88 Å². The standard InChI is InChI=1S/C13H14N/c1-3-9-14-10-8-11(2)12-6-4-5-7-13(12)14/h3-8,10H,1,9H2,2H3/q+1. The van der Waals surface area contributed by atoms with Crippen molar-refractivity contribution in [2.45, 2.75) is 13.5 Å². The highest BCUT2D eigenvalue weighted by atomic mass is 14.9. The van der Waals surface area contributed by atoms with Crippen LogP contribution in [-0.2, 0) is 6.54 Å². The van der Waals surface area contributed by atoms with Gasteiger partial charge in [-0.25, -0.2) is 0 Å². The van der Waals surface area contributed by atoms with Crippen LogP contribution in [0.5, 0.6) is 0 Å². The molecular formula is C13H14N+. The smallest absolute Gasteiger partial charge is 0.195 e. The Balaban J connectivity index is 2.74. The maximum atomic E-state index is 3.76. The lowest BCUT2D eigenvalue weighted by molar-refractivity contribution is -0.660. The molecule has 1 nitrogen and oxygen atoms in total. The van der Waals surface area contributed by atoms with Crippen molar-refractivity contribution in [1.82, 2.24) is 0 Å². The molecule has 14 heavy (non-hydrogen) atoms. The van der Waals surface area contributed by atoms with Crippen LogP contribution in [0.2, 0.25) is 0 Å². The first-order valence-electron chi connectivity index (χ1n) is 4.81. The van der Waals surface area contributed by atoms with Crippen molar-refractivity contribution < 1.29 is 4.57 Å². The Morgan fingerprint density at radius 3 is 2.86 bits per heavy atom. The van der Waals surface area contributed by atoms with Crippen LogP contribution in [0.25, 0.3) is 10.9 Å². The van der Waals surface area contributed by atoms with Crippen LogP contribution in [-0.4, -0.2) is 0 Å². The number of benzene rings is 1. The fourth-order valence-corrected chi connectivity index (χ4v) is 1.73. The Kier molecular flexibility index (Phi) is 2.32. The monoisotopic (exact) mass is 184 g/mol. The van der Waals surface area contributed by atoms with Gasteiger partial charge < -0.3 is 0 Å². The molecule has 0 amide bonds. The van der Waals surface area contributed by atoms with Gasteiger partial charge in [-0.3, -0.25) is 0 Å². The van der Waals surface area contributed by atoms with Crippen LogP contribution in [0.3, 0.4) is 0 Å². The molecule has 0 spiro atoms. The SMILES string of the molecule is C=CC[n+]1ccc(C)c2ccccc21. The number of pyridine rings is 1. The molecule has 70 valence electrons. The number of aromatic nitrogens is 1. The first kappa shape index (κ1) is 8.95. The van der Waals surface area contributed by atoms with Crippen molar-refractivity contribution in [2.75, 3.05) is 0 Å². The third-order valence-electron chi connectivity index (χ3n) is 2.47. The molecular weight excluding hydrogens is 170 g/mol. The van der Waals surface area contributed by atoms with E-state index in [2.05, 4.69) is 54.6 Å². The zero-order valence-electron chi connectivity index (χ0n) is 8.40. The van der Waals surface area contributed by atoms with Gasteiger partial charge in [-0.1, -0.05) is 18.7 Å². The summed E-state index contributed by atoms with van der Waals surface area (Å²) in [7, 11) is 0. The van der Waals surface area contributed by atoms with E-state index in [4.69, 9.17) is 0 Å². The summed E-state index contributed by atoms with van der Waals surface area (Å²) in [5.74, 6) is 0. The molecule has 0 radical (unpaired) electrons. The first-order chi connectivity index (χ1) is 6.83. The van der Waals surface area contributed by atoms with E-state index in [1.165, 1.54) is 16.5 Å². The lowest BCUT2D eigenvalue weighted by Gasteiger charge is -2.01. The molecule has 1 aromatic carbocycles. The molecule has 1 heterocycles. The van der Waals surface area contributed by atoms with E-state index < -0.39 is 0 Å². The molecule has 0 saturated heterocycles. The maximum absolute atomic E-state index is 3.76. The fourth-order valence-electron chi connectivity index (χ4n) is 1.73. The van der Waals surface area contributed by atoms with Gasteiger partial charge in [-0.15, -0.1) is 0 Å². The molecule has 0 N–H and O–H groups in total. The van der Waals surface area contributed by atoms with Crippen molar-refractivity contribution in [2.24, 2.45) is 0 Å². The van der Waals surface area contributed by atoms with Crippen molar-refractivity contribution in [3.05, 3.63) is 54.7 Å². The van der Waals surface area contributed by atoms with Crippen LogP contribution in [0, 0.1) is 6.92 Å². The average molecular weight is 184 g/mol. The molecule has 0 unspecified atom stereocenters. The van der Waals surface area contributed by atoms with E-state index in [0.717, 1.165) is 6.54 Å². The van der Waals surface area contributed by atoms with E-state index in [1.807, 2.05) is 6.08 Å². The molecule has 0 aliphatic rings. The van der Waals surface area contributed by atoms with Gasteiger partial charge in [-0.05, 0) is 24.6 Å². The van der Waals surface area contributed by atoms with Gasteiger partial charge in [0.25, 0.3) is 0 Å². The highest BCUT2D eigenvalue weighted by molar-refractivity contribution is 5.78. The summed E-state index contributed by atoms with van der Waals surface area (Å²) in [6.45, 7) is 6.77. The third kappa shape index (κ3) is 1.41. The van der Waals surface area contributed by atoms with Crippen LogP contribution in [0.15, 0.2) is 49.2 Å². The summed E-state index contributed by atoms with van der Waals surface area (Å²) in [5, 5.41) is 1.32. The Bertz CT molecular complexity index is 472. The number of para-hydroxylation sites is 1. The predicted octanol–water partition coefficient (Wildman–Crippen LogP) is 2.62. The Hall–Kier alpha value is -1.63. The molecule has 1 heteroatoms. The second kappa shape index (κ2) is 3.62. The minimum absolute atomic E-state index is 0.862. The fraction of sp³-hybridized carbons (Fsp3) is 0.154. The normalized spacial score (nSPS) is 10.4. The molecule has 0 bridgehead atoms. The van der Waals surface area contributed by atoms with Gasteiger partial charge in [0.2, 0.25) is 5.52 Å². The van der Waals surface area contributed by atoms with Crippen molar-refractivity contribution in [3.8, 4) is 0 Å². The number of aryl methyl sites for hydroxylation is 1. The summed E-state index contributed by atoms with van der Waals surface area (Å²) in [4.78, 5) is 0. The molecule has 0 saturated carbocycles. The van der Waals surface area contributed by atoms with Crippen LogP contribution >= 0.6 is 0 Å². The maximum Gasteiger partial charge on any atom is 0.213 e. The van der Waals surface area contributed by atoms with Crippen molar-refractivity contribution in [3.63, 3.8) is 0 Å². The average Bonchev–Trinajstić information content (AvgIpc) is 2.23. The molecule has 1 aromatic heterocycles. The molecule has 0 fully saturated rings. The van der Waals surface area contributed by atoms with Crippen LogP contribution in [0.1, 0.15) is 5.56 Å². The lowest BCUT2D eigenvalue weighted by atomic mass is 10.1. The number of nitrogens with zero attached hydrogens (tertiary/aromatic N) is 1. The van der Waals surface area contributed by atoms with E-state index in [0.29, 0.717) is 0 Å². The van der Waals surface area contributed by atoms with Gasteiger partial charge >= 0.3 is 0 Å². The zero-order valence-corrected chi connectivity index (χ0v) is 8.40. The van der Waals surface area contributed by atoms with Crippen molar-refractivity contribution >= 4 is 10.9 Å². The highest BCUT2D eigenvalue weighted by Gasteiger charge is 2.07. The highest BCUT2D eigenvalue weighted by Crippen LogP contribution is 2.13. The molecule has 0 atom stereocenters. The van der Waals surface area contributed by atoms with Crippen LogP contribution in [0.4, 0.5) is 0 Å². The Morgan fingerprint density at radius 1 is 1.29 bits per heavy atom. The van der Waals surface area contributed by atoms with Gasteiger partial charge in [0.05, 0.1) is 0 Å². The predicted molar refractivity (Wildman–Crippen MR) is 59.1 cm³/mol.